The van der Waals surface area contributed by atoms with E-state index in [1.807, 2.05) is 6.07 Å². The van der Waals surface area contributed by atoms with Crippen LogP contribution in [0, 0.1) is 11.2 Å². The van der Waals surface area contributed by atoms with Gasteiger partial charge in [0.2, 0.25) is 0 Å². The molecule has 0 bridgehead atoms. The van der Waals surface area contributed by atoms with Gasteiger partial charge in [0.1, 0.15) is 5.82 Å². The molecular formula is C17H25ClFN. The number of benzene rings is 1. The highest BCUT2D eigenvalue weighted by Crippen LogP contribution is 2.50. The minimum absolute atomic E-state index is 0.104. The summed E-state index contributed by atoms with van der Waals surface area (Å²) in [7, 11) is 0. The van der Waals surface area contributed by atoms with Crippen LogP contribution < -0.4 is 5.32 Å². The van der Waals surface area contributed by atoms with Crippen LogP contribution in [-0.2, 0) is 0 Å². The number of hydrogen-bond donors (Lipinski definition) is 1. The first-order valence-corrected chi connectivity index (χ1v) is 8.19. The molecular weight excluding hydrogens is 273 g/mol. The standard InChI is InChI=1S/C17H25ClFN/c1-3-11-20-16(17(4-2)9-5-6-10-17)14-8-7-13(18)12-15(14)19/h7-8,12,16,20H,3-6,9-11H2,1-2H3. The summed E-state index contributed by atoms with van der Waals surface area (Å²) < 4.78 is 14.4. The summed E-state index contributed by atoms with van der Waals surface area (Å²) in [4.78, 5) is 0. The van der Waals surface area contributed by atoms with E-state index in [0.29, 0.717) is 5.02 Å². The highest BCUT2D eigenvalue weighted by Gasteiger charge is 2.41. The fourth-order valence-electron chi connectivity index (χ4n) is 3.61. The summed E-state index contributed by atoms with van der Waals surface area (Å²) >= 11 is 5.89. The van der Waals surface area contributed by atoms with Gasteiger partial charge in [-0.3, -0.25) is 0 Å². The highest BCUT2D eigenvalue weighted by molar-refractivity contribution is 6.30. The molecule has 0 spiro atoms. The van der Waals surface area contributed by atoms with Gasteiger partial charge in [0.25, 0.3) is 0 Å². The van der Waals surface area contributed by atoms with Crippen molar-refractivity contribution in [3.8, 4) is 0 Å². The lowest BCUT2D eigenvalue weighted by Crippen LogP contribution is -2.37. The quantitative estimate of drug-likeness (QED) is 0.732. The Morgan fingerprint density at radius 1 is 1.30 bits per heavy atom. The summed E-state index contributed by atoms with van der Waals surface area (Å²) in [6, 6.07) is 5.21. The molecule has 1 N–H and O–H groups in total. The Balaban J connectivity index is 2.35. The van der Waals surface area contributed by atoms with Gasteiger partial charge in [-0.1, -0.05) is 44.4 Å². The number of halogens is 2. The van der Waals surface area contributed by atoms with Crippen molar-refractivity contribution in [3.05, 3.63) is 34.6 Å². The van der Waals surface area contributed by atoms with Gasteiger partial charge in [0.05, 0.1) is 0 Å². The van der Waals surface area contributed by atoms with E-state index in [0.717, 1.165) is 24.9 Å². The zero-order valence-electron chi connectivity index (χ0n) is 12.5. The maximum Gasteiger partial charge on any atom is 0.129 e. The molecule has 1 unspecified atom stereocenters. The SMILES string of the molecule is CCCNC(c1ccc(Cl)cc1F)C1(CC)CCCC1. The zero-order chi connectivity index (χ0) is 14.6. The smallest absolute Gasteiger partial charge is 0.129 e. The lowest BCUT2D eigenvalue weighted by molar-refractivity contribution is 0.183. The third kappa shape index (κ3) is 3.17. The monoisotopic (exact) mass is 297 g/mol. The average molecular weight is 298 g/mol. The first kappa shape index (κ1) is 15.8. The molecule has 20 heavy (non-hydrogen) atoms. The Morgan fingerprint density at radius 2 is 2.00 bits per heavy atom. The van der Waals surface area contributed by atoms with E-state index < -0.39 is 0 Å². The predicted molar refractivity (Wildman–Crippen MR) is 83.6 cm³/mol. The van der Waals surface area contributed by atoms with E-state index in [-0.39, 0.29) is 17.3 Å². The number of rotatable bonds is 6. The molecule has 1 aromatic carbocycles. The molecule has 1 aliphatic carbocycles. The van der Waals surface area contributed by atoms with Crippen LogP contribution in [0.15, 0.2) is 18.2 Å². The van der Waals surface area contributed by atoms with E-state index in [2.05, 4.69) is 19.2 Å². The van der Waals surface area contributed by atoms with Gasteiger partial charge in [-0.15, -0.1) is 0 Å². The molecule has 112 valence electrons. The minimum atomic E-state index is -0.175. The first-order valence-electron chi connectivity index (χ1n) is 7.81. The van der Waals surface area contributed by atoms with Crippen LogP contribution in [0.4, 0.5) is 4.39 Å². The fraction of sp³-hybridized carbons (Fsp3) is 0.647. The minimum Gasteiger partial charge on any atom is -0.309 e. The molecule has 0 heterocycles. The molecule has 0 radical (unpaired) electrons. The molecule has 3 heteroatoms. The second-order valence-electron chi connectivity index (χ2n) is 5.98. The van der Waals surface area contributed by atoms with Crippen molar-refractivity contribution >= 4 is 11.6 Å². The molecule has 1 saturated carbocycles. The summed E-state index contributed by atoms with van der Waals surface area (Å²) in [5.41, 5.74) is 0.982. The molecule has 0 amide bonds. The van der Waals surface area contributed by atoms with Gasteiger partial charge in [-0.05, 0) is 49.8 Å². The predicted octanol–water partition coefficient (Wildman–Crippen LogP) is 5.49. The second kappa shape index (κ2) is 6.91. The largest absolute Gasteiger partial charge is 0.309 e. The summed E-state index contributed by atoms with van der Waals surface area (Å²) in [6.07, 6.45) is 7.04. The lowest BCUT2D eigenvalue weighted by atomic mass is 9.73. The Morgan fingerprint density at radius 3 is 2.55 bits per heavy atom. The van der Waals surface area contributed by atoms with E-state index in [4.69, 9.17) is 11.6 Å². The molecule has 1 aromatic rings. The van der Waals surface area contributed by atoms with E-state index >= 15 is 0 Å². The molecule has 0 aromatic heterocycles. The molecule has 1 aliphatic rings. The van der Waals surface area contributed by atoms with Crippen LogP contribution >= 0.6 is 11.6 Å². The Bertz CT molecular complexity index is 441. The molecule has 0 saturated heterocycles. The zero-order valence-corrected chi connectivity index (χ0v) is 13.3. The van der Waals surface area contributed by atoms with Crippen LogP contribution in [-0.4, -0.2) is 6.54 Å². The molecule has 1 atom stereocenters. The van der Waals surface area contributed by atoms with Crippen LogP contribution in [0.3, 0.4) is 0 Å². The first-order chi connectivity index (χ1) is 9.63. The number of hydrogen-bond acceptors (Lipinski definition) is 1. The van der Waals surface area contributed by atoms with Gasteiger partial charge < -0.3 is 5.32 Å². The third-order valence-corrected chi connectivity index (χ3v) is 5.02. The topological polar surface area (TPSA) is 12.0 Å². The second-order valence-corrected chi connectivity index (χ2v) is 6.41. The van der Waals surface area contributed by atoms with Crippen LogP contribution in [0.1, 0.15) is 64.0 Å². The van der Waals surface area contributed by atoms with Crippen LogP contribution in [0.2, 0.25) is 5.02 Å². The van der Waals surface area contributed by atoms with Crippen LogP contribution in [0.5, 0.6) is 0 Å². The summed E-state index contributed by atoms with van der Waals surface area (Å²) in [5, 5.41) is 4.07. The molecule has 0 aliphatic heterocycles. The highest BCUT2D eigenvalue weighted by atomic mass is 35.5. The van der Waals surface area contributed by atoms with Gasteiger partial charge in [0.15, 0.2) is 0 Å². The Kier molecular flexibility index (Phi) is 5.45. The third-order valence-electron chi connectivity index (χ3n) is 4.79. The molecule has 1 fully saturated rings. The number of nitrogens with one attached hydrogen (secondary N) is 1. The Hall–Kier alpha value is -0.600. The van der Waals surface area contributed by atoms with E-state index in [1.54, 1.807) is 6.07 Å². The van der Waals surface area contributed by atoms with Crippen LogP contribution in [0.25, 0.3) is 0 Å². The van der Waals surface area contributed by atoms with Crippen molar-refractivity contribution in [1.82, 2.24) is 5.32 Å². The van der Waals surface area contributed by atoms with Gasteiger partial charge >= 0.3 is 0 Å². The van der Waals surface area contributed by atoms with E-state index in [9.17, 15) is 4.39 Å². The van der Waals surface area contributed by atoms with Gasteiger partial charge in [-0.2, -0.15) is 0 Å². The fourth-order valence-corrected chi connectivity index (χ4v) is 3.76. The van der Waals surface area contributed by atoms with Crippen molar-refractivity contribution in [2.45, 2.75) is 58.4 Å². The Labute approximate surface area is 126 Å². The van der Waals surface area contributed by atoms with Gasteiger partial charge in [-0.25, -0.2) is 4.39 Å². The normalized spacial score (nSPS) is 19.2. The summed E-state index contributed by atoms with van der Waals surface area (Å²) in [6.45, 7) is 5.31. The summed E-state index contributed by atoms with van der Waals surface area (Å²) in [5.74, 6) is -0.175. The van der Waals surface area contributed by atoms with Crippen molar-refractivity contribution < 1.29 is 4.39 Å². The lowest BCUT2D eigenvalue weighted by Gasteiger charge is -2.38. The van der Waals surface area contributed by atoms with Crippen molar-refractivity contribution in [3.63, 3.8) is 0 Å². The van der Waals surface area contributed by atoms with E-state index in [1.165, 1.54) is 31.7 Å². The maximum absolute atomic E-state index is 14.4. The van der Waals surface area contributed by atoms with Crippen molar-refractivity contribution in [2.75, 3.05) is 6.54 Å². The van der Waals surface area contributed by atoms with Gasteiger partial charge in [0, 0.05) is 16.6 Å². The van der Waals surface area contributed by atoms with Crippen molar-refractivity contribution in [2.24, 2.45) is 5.41 Å². The van der Waals surface area contributed by atoms with Crippen molar-refractivity contribution in [1.29, 1.82) is 0 Å². The molecule has 2 rings (SSSR count). The maximum atomic E-state index is 14.4. The average Bonchev–Trinajstić information content (AvgIpc) is 2.91. The molecule has 1 nitrogen and oxygen atoms in total.